The lowest BCUT2D eigenvalue weighted by molar-refractivity contribution is -0.122. The van der Waals surface area contributed by atoms with Crippen molar-refractivity contribution in [1.82, 2.24) is 20.1 Å². The number of likely N-dealkylation sites (tertiary alicyclic amines) is 2. The van der Waals surface area contributed by atoms with Crippen LogP contribution in [0.2, 0.25) is 0 Å². The zero-order valence-electron chi connectivity index (χ0n) is 19.4. The van der Waals surface area contributed by atoms with E-state index in [1.807, 2.05) is 18.7 Å². The zero-order chi connectivity index (χ0) is 21.7. The van der Waals surface area contributed by atoms with Gasteiger partial charge in [-0.25, -0.2) is 0 Å². The van der Waals surface area contributed by atoms with Crippen molar-refractivity contribution in [3.05, 3.63) is 22.5 Å². The third kappa shape index (κ3) is 5.87. The topological polar surface area (TPSA) is 68.4 Å². The molecule has 3 rings (SSSR count). The van der Waals surface area contributed by atoms with Gasteiger partial charge in [-0.15, -0.1) is 0 Å². The van der Waals surface area contributed by atoms with Crippen LogP contribution in [0.1, 0.15) is 72.8 Å². The zero-order valence-corrected chi connectivity index (χ0v) is 19.4. The van der Waals surface area contributed by atoms with Crippen molar-refractivity contribution in [3.8, 4) is 0 Å². The van der Waals surface area contributed by atoms with Gasteiger partial charge >= 0.3 is 0 Å². The Bertz CT molecular complexity index is 734. The van der Waals surface area contributed by atoms with Crippen LogP contribution in [0, 0.1) is 32.6 Å². The van der Waals surface area contributed by atoms with Gasteiger partial charge in [0.25, 0.3) is 5.91 Å². The predicted octanol–water partition coefficient (Wildman–Crippen LogP) is 3.42. The van der Waals surface area contributed by atoms with Gasteiger partial charge in [0.2, 0.25) is 5.91 Å². The van der Waals surface area contributed by atoms with Gasteiger partial charge in [-0.3, -0.25) is 9.59 Å². The lowest BCUT2D eigenvalue weighted by Gasteiger charge is -2.32. The minimum atomic E-state index is 0.0960. The van der Waals surface area contributed by atoms with Gasteiger partial charge in [-0.2, -0.15) is 0 Å². The predicted molar refractivity (Wildman–Crippen MR) is 121 cm³/mol. The molecule has 6 heteroatoms. The maximum Gasteiger partial charge on any atom is 0.270 e. The molecule has 0 aliphatic carbocycles. The van der Waals surface area contributed by atoms with Crippen LogP contribution < -0.4 is 5.32 Å². The molecule has 1 atom stereocenters. The maximum absolute atomic E-state index is 12.9. The van der Waals surface area contributed by atoms with E-state index in [2.05, 4.69) is 29.0 Å². The van der Waals surface area contributed by atoms with Crippen LogP contribution in [0.4, 0.5) is 0 Å². The molecule has 3 heterocycles. The highest BCUT2D eigenvalue weighted by Crippen LogP contribution is 2.24. The Morgan fingerprint density at radius 1 is 1.07 bits per heavy atom. The Balaban J connectivity index is 1.33. The molecule has 30 heavy (non-hydrogen) atoms. The molecule has 2 aliphatic rings. The number of aromatic amines is 1. The number of carbonyl (C=O) groups is 2. The highest BCUT2D eigenvalue weighted by Gasteiger charge is 2.27. The summed E-state index contributed by atoms with van der Waals surface area (Å²) < 4.78 is 0. The van der Waals surface area contributed by atoms with Crippen LogP contribution in [-0.2, 0) is 4.79 Å². The van der Waals surface area contributed by atoms with Crippen molar-refractivity contribution in [2.24, 2.45) is 11.8 Å². The van der Waals surface area contributed by atoms with E-state index < -0.39 is 0 Å². The van der Waals surface area contributed by atoms with E-state index in [-0.39, 0.29) is 11.8 Å². The van der Waals surface area contributed by atoms with E-state index in [0.29, 0.717) is 12.3 Å². The minimum Gasteiger partial charge on any atom is -0.356 e. The van der Waals surface area contributed by atoms with Crippen LogP contribution in [0.25, 0.3) is 0 Å². The molecular weight excluding hydrogens is 376 g/mol. The molecule has 6 nitrogen and oxygen atoms in total. The fourth-order valence-corrected chi connectivity index (χ4v) is 4.91. The number of rotatable bonds is 7. The van der Waals surface area contributed by atoms with Crippen LogP contribution in [0.5, 0.6) is 0 Å². The second-order valence-corrected chi connectivity index (χ2v) is 9.57. The summed E-state index contributed by atoms with van der Waals surface area (Å²) in [5.74, 6) is 1.45. The standard InChI is InChI=1S/C24H40N4O2/c1-17-7-5-11-27(16-17)12-6-10-25-22(29)15-21-8-13-28(14-9-21)24(30)23-19(3)18(2)20(4)26-23/h17,21,26H,5-16H2,1-4H3,(H,25,29). The van der Waals surface area contributed by atoms with E-state index in [1.54, 1.807) is 0 Å². The lowest BCUT2D eigenvalue weighted by atomic mass is 9.93. The van der Waals surface area contributed by atoms with Crippen molar-refractivity contribution >= 4 is 11.8 Å². The van der Waals surface area contributed by atoms with Crippen LogP contribution in [0.15, 0.2) is 0 Å². The summed E-state index contributed by atoms with van der Waals surface area (Å²) in [7, 11) is 0. The van der Waals surface area contributed by atoms with Gasteiger partial charge in [0.1, 0.15) is 5.69 Å². The molecular formula is C24H40N4O2. The van der Waals surface area contributed by atoms with Crippen molar-refractivity contribution in [2.75, 3.05) is 39.3 Å². The normalized spacial score (nSPS) is 21.1. The minimum absolute atomic E-state index is 0.0960. The third-order valence-corrected chi connectivity index (χ3v) is 7.12. The van der Waals surface area contributed by atoms with Gasteiger partial charge in [0, 0.05) is 38.3 Å². The highest BCUT2D eigenvalue weighted by atomic mass is 16.2. The van der Waals surface area contributed by atoms with Crippen molar-refractivity contribution in [1.29, 1.82) is 0 Å². The molecule has 2 amide bonds. The first-order valence-corrected chi connectivity index (χ1v) is 11.8. The molecule has 0 aromatic carbocycles. The highest BCUT2D eigenvalue weighted by molar-refractivity contribution is 5.94. The Kier molecular flexibility index (Phi) is 7.98. The van der Waals surface area contributed by atoms with Gasteiger partial charge < -0.3 is 20.1 Å². The number of hydrogen-bond donors (Lipinski definition) is 2. The molecule has 2 aliphatic heterocycles. The van der Waals surface area contributed by atoms with Crippen LogP contribution in [0.3, 0.4) is 0 Å². The molecule has 1 unspecified atom stereocenters. The largest absolute Gasteiger partial charge is 0.356 e. The van der Waals surface area contributed by atoms with Crippen molar-refractivity contribution in [3.63, 3.8) is 0 Å². The monoisotopic (exact) mass is 416 g/mol. The Labute approximate surface area is 181 Å². The van der Waals surface area contributed by atoms with Gasteiger partial charge in [-0.05, 0) is 88.9 Å². The number of aryl methyl sites for hydroxylation is 1. The molecule has 0 radical (unpaired) electrons. The smallest absolute Gasteiger partial charge is 0.270 e. The number of nitrogens with one attached hydrogen (secondary N) is 2. The number of H-pyrrole nitrogens is 1. The first kappa shape index (κ1) is 22.9. The average Bonchev–Trinajstić information content (AvgIpc) is 2.99. The molecule has 2 saturated heterocycles. The van der Waals surface area contributed by atoms with Crippen LogP contribution in [-0.4, -0.2) is 65.9 Å². The van der Waals surface area contributed by atoms with E-state index in [0.717, 1.165) is 68.3 Å². The average molecular weight is 417 g/mol. The Morgan fingerprint density at radius 3 is 2.43 bits per heavy atom. The molecule has 168 valence electrons. The number of hydrogen-bond acceptors (Lipinski definition) is 3. The fourth-order valence-electron chi connectivity index (χ4n) is 4.91. The summed E-state index contributed by atoms with van der Waals surface area (Å²) in [6.45, 7) is 14.1. The number of amides is 2. The van der Waals surface area contributed by atoms with Gasteiger partial charge in [0.15, 0.2) is 0 Å². The fraction of sp³-hybridized carbons (Fsp3) is 0.750. The molecule has 0 spiro atoms. The number of nitrogens with zero attached hydrogens (tertiary/aromatic N) is 2. The molecule has 0 bridgehead atoms. The SMILES string of the molecule is Cc1[nH]c(C(=O)N2CCC(CC(=O)NCCCN3CCCC(C)C3)CC2)c(C)c1C. The Morgan fingerprint density at radius 2 is 1.80 bits per heavy atom. The summed E-state index contributed by atoms with van der Waals surface area (Å²) >= 11 is 0. The van der Waals surface area contributed by atoms with E-state index >= 15 is 0 Å². The van der Waals surface area contributed by atoms with Gasteiger partial charge in [-0.1, -0.05) is 6.92 Å². The maximum atomic E-state index is 12.9. The van der Waals surface area contributed by atoms with E-state index in [1.165, 1.54) is 31.5 Å². The van der Waals surface area contributed by atoms with E-state index in [4.69, 9.17) is 0 Å². The second kappa shape index (κ2) is 10.5. The Hall–Kier alpha value is -1.82. The molecule has 2 fully saturated rings. The summed E-state index contributed by atoms with van der Waals surface area (Å²) in [6, 6.07) is 0. The summed E-state index contributed by atoms with van der Waals surface area (Å²) in [5, 5.41) is 3.11. The van der Waals surface area contributed by atoms with Crippen LogP contribution >= 0.6 is 0 Å². The molecule has 1 aromatic heterocycles. The number of piperidine rings is 2. The van der Waals surface area contributed by atoms with Crippen molar-refractivity contribution in [2.45, 2.75) is 66.2 Å². The van der Waals surface area contributed by atoms with Crippen molar-refractivity contribution < 1.29 is 9.59 Å². The summed E-state index contributed by atoms with van der Waals surface area (Å²) in [4.78, 5) is 32.9. The summed E-state index contributed by atoms with van der Waals surface area (Å²) in [6.07, 6.45) is 6.08. The first-order chi connectivity index (χ1) is 14.3. The second-order valence-electron chi connectivity index (χ2n) is 9.57. The first-order valence-electron chi connectivity index (χ1n) is 11.8. The molecule has 1 aromatic rings. The number of aromatic nitrogens is 1. The quantitative estimate of drug-likeness (QED) is 0.669. The summed E-state index contributed by atoms with van der Waals surface area (Å²) in [5.41, 5.74) is 4.01. The number of carbonyl (C=O) groups excluding carboxylic acids is 2. The molecule has 0 saturated carbocycles. The van der Waals surface area contributed by atoms with Gasteiger partial charge in [0.05, 0.1) is 0 Å². The van der Waals surface area contributed by atoms with E-state index in [9.17, 15) is 9.59 Å². The lowest BCUT2D eigenvalue weighted by Crippen LogP contribution is -2.40. The third-order valence-electron chi connectivity index (χ3n) is 7.12. The molecule has 2 N–H and O–H groups in total.